The Kier molecular flexibility index (Phi) is 3.12. The average molecular weight is 329 g/mol. The number of rotatable bonds is 2. The minimum atomic E-state index is 0.389. The molecule has 0 unspecified atom stereocenters. The first kappa shape index (κ1) is 12.6. The van der Waals surface area contributed by atoms with Crippen molar-refractivity contribution in [3.63, 3.8) is 0 Å². The second-order valence-corrected chi connectivity index (χ2v) is 5.21. The smallest absolute Gasteiger partial charge is 0.259 e. The van der Waals surface area contributed by atoms with Crippen LogP contribution >= 0.6 is 15.9 Å². The second kappa shape index (κ2) is 4.94. The highest BCUT2D eigenvalue weighted by molar-refractivity contribution is 9.10. The summed E-state index contributed by atoms with van der Waals surface area (Å²) in [6, 6.07) is 9.56. The number of aromatic amines is 1. The van der Waals surface area contributed by atoms with Gasteiger partial charge in [-0.3, -0.25) is 0 Å². The van der Waals surface area contributed by atoms with E-state index in [1.54, 1.807) is 12.3 Å². The van der Waals surface area contributed by atoms with Gasteiger partial charge < -0.3 is 9.51 Å². The van der Waals surface area contributed by atoms with E-state index in [-0.39, 0.29) is 0 Å². The van der Waals surface area contributed by atoms with E-state index in [2.05, 4.69) is 31.1 Å². The monoisotopic (exact) mass is 328 g/mol. The van der Waals surface area contributed by atoms with E-state index in [1.807, 2.05) is 31.2 Å². The fourth-order valence-electron chi connectivity index (χ4n) is 1.91. The van der Waals surface area contributed by atoms with Crippen molar-refractivity contribution in [3.05, 3.63) is 46.2 Å². The molecule has 3 aromatic rings. The molecule has 98 valence electrons. The van der Waals surface area contributed by atoms with E-state index in [0.717, 1.165) is 15.6 Å². The lowest BCUT2D eigenvalue weighted by atomic mass is 10.1. The Balaban J connectivity index is 2.00. The van der Waals surface area contributed by atoms with E-state index in [0.29, 0.717) is 23.0 Å². The van der Waals surface area contributed by atoms with Gasteiger partial charge in [0.05, 0.1) is 5.56 Å². The summed E-state index contributed by atoms with van der Waals surface area (Å²) in [7, 11) is 0. The van der Waals surface area contributed by atoms with Crippen molar-refractivity contribution >= 4 is 15.9 Å². The molecule has 2 aromatic heterocycles. The molecule has 6 heteroatoms. The van der Waals surface area contributed by atoms with Gasteiger partial charge >= 0.3 is 0 Å². The Morgan fingerprint density at radius 2 is 2.20 bits per heavy atom. The van der Waals surface area contributed by atoms with Crippen LogP contribution in [0.5, 0.6) is 0 Å². The quantitative estimate of drug-likeness (QED) is 0.778. The number of nitrogens with zero attached hydrogens (tertiary/aromatic N) is 3. The van der Waals surface area contributed by atoms with Gasteiger partial charge in [0.2, 0.25) is 5.82 Å². The molecule has 3 rings (SSSR count). The molecule has 0 amide bonds. The van der Waals surface area contributed by atoms with Crippen molar-refractivity contribution in [2.45, 2.75) is 6.92 Å². The molecular formula is C14H9BrN4O. The number of aryl methyl sites for hydroxylation is 1. The van der Waals surface area contributed by atoms with Crippen LogP contribution in [0.4, 0.5) is 0 Å². The maximum Gasteiger partial charge on any atom is 0.259 e. The summed E-state index contributed by atoms with van der Waals surface area (Å²) in [6.45, 7) is 1.99. The van der Waals surface area contributed by atoms with Crippen molar-refractivity contribution in [1.82, 2.24) is 15.1 Å². The van der Waals surface area contributed by atoms with Crippen molar-refractivity contribution in [1.29, 1.82) is 5.26 Å². The summed E-state index contributed by atoms with van der Waals surface area (Å²) in [4.78, 5) is 7.19. The maximum absolute atomic E-state index is 8.79. The zero-order valence-corrected chi connectivity index (χ0v) is 12.1. The van der Waals surface area contributed by atoms with Gasteiger partial charge in [0.15, 0.2) is 0 Å². The summed E-state index contributed by atoms with van der Waals surface area (Å²) < 4.78 is 6.25. The standard InChI is InChI=1S/C14H9BrN4O/c1-8-4-10(15)2-3-12(8)13-18-14(20-19-13)9-5-11(6-16)17-7-9/h2-5,7,17H,1H3. The fraction of sp³-hybridized carbons (Fsp3) is 0.0714. The van der Waals surface area contributed by atoms with E-state index in [4.69, 9.17) is 9.78 Å². The van der Waals surface area contributed by atoms with E-state index < -0.39 is 0 Å². The molecule has 5 nitrogen and oxygen atoms in total. The van der Waals surface area contributed by atoms with Crippen LogP contribution in [0.1, 0.15) is 11.3 Å². The van der Waals surface area contributed by atoms with E-state index in [9.17, 15) is 0 Å². The number of nitriles is 1. The molecule has 1 aromatic carbocycles. The largest absolute Gasteiger partial charge is 0.352 e. The lowest BCUT2D eigenvalue weighted by Crippen LogP contribution is -1.85. The number of benzene rings is 1. The Bertz CT molecular complexity index is 813. The van der Waals surface area contributed by atoms with Crippen molar-refractivity contribution in [2.24, 2.45) is 0 Å². The first-order chi connectivity index (χ1) is 9.67. The molecule has 0 aliphatic carbocycles. The van der Waals surface area contributed by atoms with Gasteiger partial charge in [0.1, 0.15) is 11.8 Å². The van der Waals surface area contributed by atoms with Gasteiger partial charge in [0.25, 0.3) is 5.89 Å². The van der Waals surface area contributed by atoms with E-state index >= 15 is 0 Å². The lowest BCUT2D eigenvalue weighted by Gasteiger charge is -2.00. The highest BCUT2D eigenvalue weighted by Gasteiger charge is 2.13. The third-order valence-corrected chi connectivity index (χ3v) is 3.40. The number of nitrogens with one attached hydrogen (secondary N) is 1. The minimum absolute atomic E-state index is 0.389. The van der Waals surface area contributed by atoms with Crippen LogP contribution in [0, 0.1) is 18.3 Å². The Hall–Kier alpha value is -2.39. The van der Waals surface area contributed by atoms with Gasteiger partial charge in [-0.15, -0.1) is 0 Å². The van der Waals surface area contributed by atoms with Crippen LogP contribution in [0.3, 0.4) is 0 Å². The number of aromatic nitrogens is 3. The van der Waals surface area contributed by atoms with Crippen LogP contribution in [-0.2, 0) is 0 Å². The third-order valence-electron chi connectivity index (χ3n) is 2.91. The number of hydrogen-bond donors (Lipinski definition) is 1. The predicted molar refractivity (Wildman–Crippen MR) is 76.7 cm³/mol. The highest BCUT2D eigenvalue weighted by atomic mass is 79.9. The summed E-state index contributed by atoms with van der Waals surface area (Å²) in [5, 5.41) is 12.8. The summed E-state index contributed by atoms with van der Waals surface area (Å²) in [6.07, 6.45) is 1.67. The molecule has 0 radical (unpaired) electrons. The summed E-state index contributed by atoms with van der Waals surface area (Å²) >= 11 is 3.42. The summed E-state index contributed by atoms with van der Waals surface area (Å²) in [5.41, 5.74) is 3.13. The van der Waals surface area contributed by atoms with Crippen molar-refractivity contribution in [2.75, 3.05) is 0 Å². The number of halogens is 1. The second-order valence-electron chi connectivity index (χ2n) is 4.30. The first-order valence-electron chi connectivity index (χ1n) is 5.86. The molecule has 0 saturated carbocycles. The number of H-pyrrole nitrogens is 1. The Morgan fingerprint density at radius 1 is 1.35 bits per heavy atom. The van der Waals surface area contributed by atoms with Crippen LogP contribution in [0.2, 0.25) is 0 Å². The minimum Gasteiger partial charge on any atom is -0.352 e. The molecule has 0 fully saturated rings. The highest BCUT2D eigenvalue weighted by Crippen LogP contribution is 2.26. The average Bonchev–Trinajstić information content (AvgIpc) is 3.07. The Labute approximate surface area is 123 Å². The topological polar surface area (TPSA) is 78.5 Å². The van der Waals surface area contributed by atoms with Gasteiger partial charge in [-0.05, 0) is 36.8 Å². The lowest BCUT2D eigenvalue weighted by molar-refractivity contribution is 0.432. The van der Waals surface area contributed by atoms with Crippen LogP contribution in [-0.4, -0.2) is 15.1 Å². The van der Waals surface area contributed by atoms with Crippen molar-refractivity contribution in [3.8, 4) is 28.9 Å². The molecule has 2 heterocycles. The first-order valence-corrected chi connectivity index (χ1v) is 6.66. The molecule has 0 saturated heterocycles. The Morgan fingerprint density at radius 3 is 2.90 bits per heavy atom. The van der Waals surface area contributed by atoms with Gasteiger partial charge in [0, 0.05) is 16.2 Å². The predicted octanol–water partition coefficient (Wildman–Crippen LogP) is 3.67. The van der Waals surface area contributed by atoms with Gasteiger partial charge in [-0.25, -0.2) is 0 Å². The summed E-state index contributed by atoms with van der Waals surface area (Å²) in [5.74, 6) is 0.921. The zero-order valence-electron chi connectivity index (χ0n) is 10.5. The number of hydrogen-bond acceptors (Lipinski definition) is 4. The van der Waals surface area contributed by atoms with E-state index in [1.165, 1.54) is 0 Å². The van der Waals surface area contributed by atoms with Crippen molar-refractivity contribution < 1.29 is 4.52 Å². The molecule has 20 heavy (non-hydrogen) atoms. The van der Waals surface area contributed by atoms with Crippen LogP contribution in [0.15, 0.2) is 39.5 Å². The molecule has 0 atom stereocenters. The normalized spacial score (nSPS) is 10.4. The van der Waals surface area contributed by atoms with Crippen LogP contribution in [0.25, 0.3) is 22.8 Å². The third kappa shape index (κ3) is 2.24. The molecule has 0 spiro atoms. The molecule has 0 aliphatic rings. The molecule has 0 aliphatic heterocycles. The van der Waals surface area contributed by atoms with Gasteiger partial charge in [-0.2, -0.15) is 10.2 Å². The SMILES string of the molecule is Cc1cc(Br)ccc1-c1noc(-c2c[nH]c(C#N)c2)n1. The fourth-order valence-corrected chi connectivity index (χ4v) is 2.39. The molecule has 1 N–H and O–H groups in total. The van der Waals surface area contributed by atoms with Gasteiger partial charge in [-0.1, -0.05) is 21.1 Å². The zero-order chi connectivity index (χ0) is 14.1. The molecular weight excluding hydrogens is 320 g/mol. The molecule has 0 bridgehead atoms. The maximum atomic E-state index is 8.79. The van der Waals surface area contributed by atoms with Crippen LogP contribution < -0.4 is 0 Å².